The van der Waals surface area contributed by atoms with Crippen molar-refractivity contribution in [2.75, 3.05) is 18.9 Å². The molecule has 0 fully saturated rings. The maximum Gasteiger partial charge on any atom is 0.231 e. The molecule has 0 aliphatic carbocycles. The number of hydrogen-bond acceptors (Lipinski definition) is 5. The molecule has 0 saturated carbocycles. The monoisotopic (exact) mass is 312 g/mol. The molecule has 1 aromatic heterocycles. The minimum absolute atomic E-state index is 0.00352. The summed E-state index contributed by atoms with van der Waals surface area (Å²) in [5, 5.41) is 5.07. The van der Waals surface area contributed by atoms with Gasteiger partial charge in [-0.1, -0.05) is 20.8 Å². The molecule has 21 heavy (non-hydrogen) atoms. The van der Waals surface area contributed by atoms with Crippen LogP contribution in [0.1, 0.15) is 33.4 Å². The highest BCUT2D eigenvalue weighted by atomic mass is 32.1. The molecule has 7 heteroatoms. The molecule has 2 amide bonds. The van der Waals surface area contributed by atoms with E-state index in [9.17, 15) is 9.59 Å². The third kappa shape index (κ3) is 5.09. The zero-order valence-electron chi connectivity index (χ0n) is 13.3. The molecule has 6 nitrogen and oxygen atoms in total. The van der Waals surface area contributed by atoms with Crippen molar-refractivity contribution in [3.05, 3.63) is 11.1 Å². The molecule has 0 radical (unpaired) electrons. The van der Waals surface area contributed by atoms with Gasteiger partial charge in [0, 0.05) is 30.4 Å². The van der Waals surface area contributed by atoms with E-state index in [1.165, 1.54) is 11.3 Å². The minimum atomic E-state index is -0.474. The summed E-state index contributed by atoms with van der Waals surface area (Å²) >= 11 is 1.32. The quantitative estimate of drug-likeness (QED) is 0.862. The topological polar surface area (TPSA) is 88.3 Å². The van der Waals surface area contributed by atoms with Crippen molar-refractivity contribution in [2.45, 2.75) is 40.2 Å². The second-order valence-corrected chi connectivity index (χ2v) is 6.97. The van der Waals surface area contributed by atoms with Gasteiger partial charge in [0.2, 0.25) is 11.8 Å². The van der Waals surface area contributed by atoms with Gasteiger partial charge in [0.25, 0.3) is 0 Å². The Morgan fingerprint density at radius 2 is 2.10 bits per heavy atom. The fourth-order valence-electron chi connectivity index (χ4n) is 1.41. The molecule has 0 spiro atoms. The minimum Gasteiger partial charge on any atom is -0.341 e. The number of anilines is 1. The molecule has 1 unspecified atom stereocenters. The number of amides is 2. The second-order valence-electron chi connectivity index (χ2n) is 6.11. The van der Waals surface area contributed by atoms with Crippen LogP contribution in [0.2, 0.25) is 0 Å². The summed E-state index contributed by atoms with van der Waals surface area (Å²) in [7, 11) is 1.73. The van der Waals surface area contributed by atoms with E-state index < -0.39 is 5.41 Å². The van der Waals surface area contributed by atoms with Gasteiger partial charge in [0.05, 0.1) is 12.1 Å². The number of rotatable bonds is 5. The van der Waals surface area contributed by atoms with Gasteiger partial charge in [0.15, 0.2) is 5.13 Å². The van der Waals surface area contributed by atoms with Crippen LogP contribution in [0.4, 0.5) is 5.13 Å². The Bertz CT molecular complexity index is 507. The normalized spacial score (nSPS) is 12.9. The lowest BCUT2D eigenvalue weighted by Gasteiger charge is -2.23. The molecule has 1 aromatic rings. The van der Waals surface area contributed by atoms with Gasteiger partial charge in [-0.25, -0.2) is 4.98 Å². The summed E-state index contributed by atoms with van der Waals surface area (Å²) in [6.45, 7) is 7.83. The van der Waals surface area contributed by atoms with E-state index in [0.29, 0.717) is 17.4 Å². The van der Waals surface area contributed by atoms with Gasteiger partial charge in [0.1, 0.15) is 0 Å². The van der Waals surface area contributed by atoms with Gasteiger partial charge >= 0.3 is 0 Å². The molecule has 1 rings (SSSR count). The number of thiazole rings is 1. The lowest BCUT2D eigenvalue weighted by atomic mass is 9.96. The van der Waals surface area contributed by atoms with Crippen molar-refractivity contribution >= 4 is 28.3 Å². The Morgan fingerprint density at radius 3 is 2.62 bits per heavy atom. The molecule has 0 saturated heterocycles. The molecule has 3 N–H and O–H groups in total. The number of likely N-dealkylation sites (N-methyl/N-ethyl adjacent to an activating group) is 1. The van der Waals surface area contributed by atoms with E-state index in [2.05, 4.69) is 10.3 Å². The molecule has 0 bridgehead atoms. The van der Waals surface area contributed by atoms with E-state index in [-0.39, 0.29) is 24.3 Å². The summed E-state index contributed by atoms with van der Waals surface area (Å²) < 4.78 is 0. The number of carbonyl (C=O) groups excluding carboxylic acids is 2. The van der Waals surface area contributed by atoms with Crippen molar-refractivity contribution in [3.63, 3.8) is 0 Å². The van der Waals surface area contributed by atoms with Crippen LogP contribution < -0.4 is 11.1 Å². The Morgan fingerprint density at radius 1 is 1.48 bits per heavy atom. The van der Waals surface area contributed by atoms with Crippen LogP contribution in [-0.2, 0) is 16.0 Å². The van der Waals surface area contributed by atoms with Gasteiger partial charge in [-0.15, -0.1) is 11.3 Å². The number of hydrogen-bond donors (Lipinski definition) is 2. The number of aromatic nitrogens is 1. The van der Waals surface area contributed by atoms with E-state index >= 15 is 0 Å². The number of nitrogens with two attached hydrogens (primary N) is 1. The highest BCUT2D eigenvalue weighted by Crippen LogP contribution is 2.21. The second kappa shape index (κ2) is 7.00. The molecular formula is C14H24N4O2S. The van der Waals surface area contributed by atoms with Gasteiger partial charge in [-0.3, -0.25) is 9.59 Å². The lowest BCUT2D eigenvalue weighted by molar-refractivity contribution is -0.130. The molecule has 0 aliphatic heterocycles. The van der Waals surface area contributed by atoms with E-state index in [1.54, 1.807) is 17.3 Å². The average molecular weight is 312 g/mol. The first-order valence-corrected chi connectivity index (χ1v) is 7.74. The number of nitrogens with one attached hydrogen (secondary N) is 1. The first-order valence-electron chi connectivity index (χ1n) is 6.86. The number of carbonyl (C=O) groups is 2. The van der Waals surface area contributed by atoms with Crippen molar-refractivity contribution in [1.82, 2.24) is 9.88 Å². The Hall–Kier alpha value is -1.47. The lowest BCUT2D eigenvalue weighted by Crippen LogP contribution is -2.40. The van der Waals surface area contributed by atoms with Crippen molar-refractivity contribution < 1.29 is 9.59 Å². The fraction of sp³-hybridized carbons (Fsp3) is 0.643. The van der Waals surface area contributed by atoms with Gasteiger partial charge < -0.3 is 16.0 Å². The summed E-state index contributed by atoms with van der Waals surface area (Å²) in [4.78, 5) is 29.8. The van der Waals surface area contributed by atoms with Crippen LogP contribution in [0.25, 0.3) is 0 Å². The SMILES string of the molecule is CC(CN)N(C)C(=O)Cc1csc(NC(=O)C(C)(C)C)n1. The average Bonchev–Trinajstić information content (AvgIpc) is 2.82. The van der Waals surface area contributed by atoms with Crippen LogP contribution >= 0.6 is 11.3 Å². The third-order valence-electron chi connectivity index (χ3n) is 3.18. The smallest absolute Gasteiger partial charge is 0.231 e. The number of nitrogens with zero attached hydrogens (tertiary/aromatic N) is 2. The van der Waals surface area contributed by atoms with Crippen molar-refractivity contribution in [3.8, 4) is 0 Å². The molecule has 0 aromatic carbocycles. The van der Waals surface area contributed by atoms with Crippen LogP contribution in [0, 0.1) is 5.41 Å². The Balaban J connectivity index is 2.64. The van der Waals surface area contributed by atoms with Crippen LogP contribution in [-0.4, -0.2) is 41.3 Å². The maximum atomic E-state index is 12.1. The molecule has 1 heterocycles. The van der Waals surface area contributed by atoms with Crippen molar-refractivity contribution in [2.24, 2.45) is 11.1 Å². The van der Waals surface area contributed by atoms with E-state index in [0.717, 1.165) is 0 Å². The highest BCUT2D eigenvalue weighted by molar-refractivity contribution is 7.13. The highest BCUT2D eigenvalue weighted by Gasteiger charge is 2.22. The molecule has 118 valence electrons. The summed E-state index contributed by atoms with van der Waals surface area (Å²) in [6, 6.07) is -0.00352. The largest absolute Gasteiger partial charge is 0.341 e. The van der Waals surface area contributed by atoms with Gasteiger partial charge in [-0.2, -0.15) is 0 Å². The maximum absolute atomic E-state index is 12.1. The Labute approximate surface area is 129 Å². The standard InChI is InChI=1S/C14H24N4O2S/c1-9(7-15)18(5)11(19)6-10-8-21-13(16-10)17-12(20)14(2,3)4/h8-9H,6-7,15H2,1-5H3,(H,16,17,20). The molecule has 1 atom stereocenters. The predicted octanol–water partition coefficient (Wildman–Crippen LogP) is 1.48. The van der Waals surface area contributed by atoms with Crippen molar-refractivity contribution in [1.29, 1.82) is 0 Å². The third-order valence-corrected chi connectivity index (χ3v) is 3.99. The first-order chi connectivity index (χ1) is 9.65. The van der Waals surface area contributed by atoms with E-state index in [1.807, 2.05) is 27.7 Å². The molecular weight excluding hydrogens is 288 g/mol. The zero-order chi connectivity index (χ0) is 16.2. The fourth-order valence-corrected chi connectivity index (χ4v) is 2.12. The van der Waals surface area contributed by atoms with Gasteiger partial charge in [-0.05, 0) is 6.92 Å². The first kappa shape index (κ1) is 17.6. The van der Waals surface area contributed by atoms with Crippen LogP contribution in [0.3, 0.4) is 0 Å². The zero-order valence-corrected chi connectivity index (χ0v) is 14.1. The Kier molecular flexibility index (Phi) is 5.86. The summed E-state index contributed by atoms with van der Waals surface area (Å²) in [6.07, 6.45) is 0.211. The van der Waals surface area contributed by atoms with Crippen LogP contribution in [0.15, 0.2) is 5.38 Å². The summed E-state index contributed by atoms with van der Waals surface area (Å²) in [5.41, 5.74) is 5.73. The summed E-state index contributed by atoms with van der Waals surface area (Å²) in [5.74, 6) is -0.129. The van der Waals surface area contributed by atoms with E-state index in [4.69, 9.17) is 5.73 Å². The molecule has 0 aliphatic rings. The van der Waals surface area contributed by atoms with Crippen LogP contribution in [0.5, 0.6) is 0 Å². The predicted molar refractivity (Wildman–Crippen MR) is 85.2 cm³/mol.